The highest BCUT2D eigenvalue weighted by molar-refractivity contribution is 9.10. The second kappa shape index (κ2) is 7.10. The number of hydrogen-bond donors (Lipinski definition) is 1. The first-order valence-electron chi connectivity index (χ1n) is 6.39. The topological polar surface area (TPSA) is 98.9 Å². The lowest BCUT2D eigenvalue weighted by Crippen LogP contribution is -2.04. The molecule has 120 valence electrons. The Morgan fingerprint density at radius 1 is 1.30 bits per heavy atom. The third kappa shape index (κ3) is 3.98. The first-order valence-corrected chi connectivity index (χ1v) is 7.18. The molecule has 0 bridgehead atoms. The molecular weight excluding hydrogens is 370 g/mol. The normalized spacial score (nSPS) is 10.2. The van der Waals surface area contributed by atoms with Crippen molar-refractivity contribution < 1.29 is 24.3 Å². The van der Waals surface area contributed by atoms with Gasteiger partial charge in [-0.05, 0) is 33.6 Å². The Hall–Kier alpha value is -2.61. The summed E-state index contributed by atoms with van der Waals surface area (Å²) in [5, 5.41) is 20.0. The van der Waals surface area contributed by atoms with Gasteiger partial charge in [-0.15, -0.1) is 0 Å². The maximum atomic E-state index is 11.1. The molecule has 23 heavy (non-hydrogen) atoms. The van der Waals surface area contributed by atoms with Crippen LogP contribution < -0.4 is 9.47 Å². The molecule has 0 saturated heterocycles. The van der Waals surface area contributed by atoms with E-state index in [0.717, 1.165) is 17.7 Å². The zero-order valence-electron chi connectivity index (χ0n) is 12.0. The van der Waals surface area contributed by atoms with Gasteiger partial charge < -0.3 is 14.6 Å². The Morgan fingerprint density at radius 2 is 1.96 bits per heavy atom. The third-order valence-corrected chi connectivity index (χ3v) is 3.65. The van der Waals surface area contributed by atoms with Crippen LogP contribution in [0, 0.1) is 10.1 Å². The maximum absolute atomic E-state index is 11.1. The highest BCUT2D eigenvalue weighted by Gasteiger charge is 2.23. The molecule has 2 rings (SSSR count). The van der Waals surface area contributed by atoms with E-state index in [4.69, 9.17) is 14.6 Å². The number of halogens is 1. The summed E-state index contributed by atoms with van der Waals surface area (Å²) in [5.74, 6) is -0.472. The lowest BCUT2D eigenvalue weighted by atomic mass is 10.1. The number of hydrogen-bond acceptors (Lipinski definition) is 5. The van der Waals surface area contributed by atoms with E-state index in [1.54, 1.807) is 31.4 Å². The number of carboxylic acids is 1. The van der Waals surface area contributed by atoms with E-state index < -0.39 is 22.1 Å². The van der Waals surface area contributed by atoms with Gasteiger partial charge >= 0.3 is 5.97 Å². The molecule has 0 heterocycles. The molecule has 7 nitrogen and oxygen atoms in total. The summed E-state index contributed by atoms with van der Waals surface area (Å²) in [5.41, 5.74) is -0.0861. The van der Waals surface area contributed by atoms with Gasteiger partial charge in [-0.3, -0.25) is 10.1 Å². The highest BCUT2D eigenvalue weighted by atomic mass is 79.9. The van der Waals surface area contributed by atoms with E-state index in [9.17, 15) is 14.9 Å². The average molecular weight is 382 g/mol. The number of aromatic carboxylic acids is 1. The van der Waals surface area contributed by atoms with Crippen LogP contribution in [0.1, 0.15) is 15.9 Å². The zero-order valence-corrected chi connectivity index (χ0v) is 13.6. The number of carboxylic acid groups (broad SMARTS) is 1. The fraction of sp³-hybridized carbons (Fsp3) is 0.133. The van der Waals surface area contributed by atoms with Crippen molar-refractivity contribution in [3.63, 3.8) is 0 Å². The Bertz CT molecular complexity index is 744. The molecule has 0 unspecified atom stereocenters. The van der Waals surface area contributed by atoms with Gasteiger partial charge in [-0.1, -0.05) is 12.1 Å². The molecule has 0 fully saturated rings. The number of carbonyl (C=O) groups is 1. The zero-order chi connectivity index (χ0) is 17.0. The number of nitro groups is 1. The molecule has 0 aliphatic rings. The molecule has 1 N–H and O–H groups in total. The van der Waals surface area contributed by atoms with E-state index in [-0.39, 0.29) is 12.4 Å². The molecular formula is C15H12BrNO6. The van der Waals surface area contributed by atoms with Crippen LogP contribution in [-0.4, -0.2) is 23.1 Å². The number of rotatable bonds is 6. The summed E-state index contributed by atoms with van der Waals surface area (Å²) in [7, 11) is 1.56. The molecule has 0 aromatic heterocycles. The SMILES string of the molecule is COc1ccc(COc2cc(C(=O)O)c([N+](=O)[O-])cc2Br)cc1. The summed E-state index contributed by atoms with van der Waals surface area (Å²) in [6.07, 6.45) is 0. The fourth-order valence-corrected chi connectivity index (χ4v) is 2.30. The van der Waals surface area contributed by atoms with Gasteiger partial charge in [0.05, 0.1) is 16.5 Å². The number of nitro benzene ring substituents is 1. The summed E-state index contributed by atoms with van der Waals surface area (Å²) in [6.45, 7) is 0.180. The quantitative estimate of drug-likeness (QED) is 0.605. The molecule has 2 aromatic rings. The molecule has 0 aliphatic heterocycles. The minimum atomic E-state index is -1.39. The summed E-state index contributed by atoms with van der Waals surface area (Å²) < 4.78 is 10.9. The van der Waals surface area contributed by atoms with Crippen LogP contribution in [0.2, 0.25) is 0 Å². The van der Waals surface area contributed by atoms with Gasteiger partial charge in [0.1, 0.15) is 23.7 Å². The van der Waals surface area contributed by atoms with Crippen LogP contribution in [0.3, 0.4) is 0 Å². The monoisotopic (exact) mass is 381 g/mol. The highest BCUT2D eigenvalue weighted by Crippen LogP contribution is 2.33. The number of benzene rings is 2. The Balaban J connectivity index is 2.23. The standard InChI is InChI=1S/C15H12BrNO6/c1-22-10-4-2-9(3-5-10)8-23-14-6-11(15(18)19)13(17(20)21)7-12(14)16/h2-7H,8H2,1H3,(H,18,19). The van der Waals surface area contributed by atoms with Crippen LogP contribution in [0.4, 0.5) is 5.69 Å². The van der Waals surface area contributed by atoms with E-state index >= 15 is 0 Å². The predicted molar refractivity (Wildman–Crippen MR) is 85.1 cm³/mol. The number of methoxy groups -OCH3 is 1. The predicted octanol–water partition coefficient (Wildman–Crippen LogP) is 3.64. The maximum Gasteiger partial charge on any atom is 0.342 e. The Labute approximate surface area is 139 Å². The van der Waals surface area contributed by atoms with Crippen molar-refractivity contribution >= 4 is 27.6 Å². The van der Waals surface area contributed by atoms with Crippen molar-refractivity contribution in [3.05, 3.63) is 62.1 Å². The Kier molecular flexibility index (Phi) is 5.17. The third-order valence-electron chi connectivity index (χ3n) is 3.03. The van der Waals surface area contributed by atoms with Crippen LogP contribution >= 0.6 is 15.9 Å². The molecule has 0 spiro atoms. The van der Waals surface area contributed by atoms with Crippen LogP contribution in [0.25, 0.3) is 0 Å². The van der Waals surface area contributed by atoms with E-state index in [1.807, 2.05) is 0 Å². The van der Waals surface area contributed by atoms with Crippen LogP contribution in [0.5, 0.6) is 11.5 Å². The van der Waals surface area contributed by atoms with Gasteiger partial charge in [-0.2, -0.15) is 0 Å². The number of ether oxygens (including phenoxy) is 2. The first-order chi connectivity index (χ1) is 10.9. The first kappa shape index (κ1) is 16.8. The minimum absolute atomic E-state index is 0.180. The molecule has 0 atom stereocenters. The Morgan fingerprint density at radius 3 is 2.48 bits per heavy atom. The number of nitrogens with zero attached hydrogens (tertiary/aromatic N) is 1. The average Bonchev–Trinajstić information content (AvgIpc) is 2.53. The van der Waals surface area contributed by atoms with E-state index in [1.165, 1.54) is 0 Å². The van der Waals surface area contributed by atoms with Crippen molar-refractivity contribution in [1.82, 2.24) is 0 Å². The molecule has 0 amide bonds. The lowest BCUT2D eigenvalue weighted by molar-refractivity contribution is -0.385. The van der Waals surface area contributed by atoms with E-state index in [0.29, 0.717) is 10.2 Å². The van der Waals surface area contributed by atoms with Crippen LogP contribution in [0.15, 0.2) is 40.9 Å². The van der Waals surface area contributed by atoms with Gasteiger partial charge in [0, 0.05) is 12.1 Å². The van der Waals surface area contributed by atoms with Gasteiger partial charge in [-0.25, -0.2) is 4.79 Å². The van der Waals surface area contributed by atoms with Crippen molar-refractivity contribution in [2.45, 2.75) is 6.61 Å². The largest absolute Gasteiger partial charge is 0.497 e. The second-order valence-corrected chi connectivity index (χ2v) is 5.35. The van der Waals surface area contributed by atoms with Crippen LogP contribution in [-0.2, 0) is 6.61 Å². The molecule has 2 aromatic carbocycles. The summed E-state index contributed by atoms with van der Waals surface area (Å²) in [6, 6.07) is 9.39. The lowest BCUT2D eigenvalue weighted by Gasteiger charge is -2.10. The smallest absolute Gasteiger partial charge is 0.342 e. The fourth-order valence-electron chi connectivity index (χ4n) is 1.86. The van der Waals surface area contributed by atoms with Gasteiger partial charge in [0.2, 0.25) is 0 Å². The molecule has 0 aliphatic carbocycles. The minimum Gasteiger partial charge on any atom is -0.497 e. The van der Waals surface area contributed by atoms with Crippen molar-refractivity contribution in [1.29, 1.82) is 0 Å². The summed E-state index contributed by atoms with van der Waals surface area (Å²) >= 11 is 3.15. The van der Waals surface area contributed by atoms with Gasteiger partial charge in [0.15, 0.2) is 0 Å². The van der Waals surface area contributed by atoms with Crippen molar-refractivity contribution in [2.24, 2.45) is 0 Å². The second-order valence-electron chi connectivity index (χ2n) is 4.50. The molecule has 8 heteroatoms. The van der Waals surface area contributed by atoms with Crippen molar-refractivity contribution in [2.75, 3.05) is 7.11 Å². The molecule has 0 saturated carbocycles. The molecule has 0 radical (unpaired) electrons. The van der Waals surface area contributed by atoms with Gasteiger partial charge in [0.25, 0.3) is 5.69 Å². The van der Waals surface area contributed by atoms with E-state index in [2.05, 4.69) is 15.9 Å². The summed E-state index contributed by atoms with van der Waals surface area (Å²) in [4.78, 5) is 21.3. The van der Waals surface area contributed by atoms with Crippen molar-refractivity contribution in [3.8, 4) is 11.5 Å².